The minimum Gasteiger partial charge on any atom is -0.423 e. The highest BCUT2D eigenvalue weighted by Crippen LogP contribution is 2.21. The summed E-state index contributed by atoms with van der Waals surface area (Å²) in [7, 11) is 0. The highest BCUT2D eigenvalue weighted by atomic mass is 79.9. The van der Waals surface area contributed by atoms with E-state index < -0.39 is 5.97 Å². The van der Waals surface area contributed by atoms with Gasteiger partial charge in [0, 0.05) is 10.0 Å². The van der Waals surface area contributed by atoms with Gasteiger partial charge in [-0.25, -0.2) is 4.79 Å². The molecule has 2 aromatic carbocycles. The molecule has 0 saturated carbocycles. The van der Waals surface area contributed by atoms with Gasteiger partial charge in [-0.2, -0.15) is 0 Å². The van der Waals surface area contributed by atoms with Crippen molar-refractivity contribution in [2.75, 3.05) is 0 Å². The van der Waals surface area contributed by atoms with Gasteiger partial charge >= 0.3 is 5.97 Å². The molecule has 0 spiro atoms. The van der Waals surface area contributed by atoms with Crippen LogP contribution in [-0.4, -0.2) is 16.2 Å². The van der Waals surface area contributed by atoms with Crippen LogP contribution in [0.15, 0.2) is 63.8 Å². The zero-order valence-electron chi connectivity index (χ0n) is 10.7. The number of hydrogen-bond acceptors (Lipinski definition) is 5. The number of carbonyl (C=O) groups is 1. The van der Waals surface area contributed by atoms with Gasteiger partial charge < -0.3 is 9.15 Å². The van der Waals surface area contributed by atoms with Crippen molar-refractivity contribution < 1.29 is 13.9 Å². The number of carbonyl (C=O) groups excluding carboxylic acids is 1. The van der Waals surface area contributed by atoms with Gasteiger partial charge in [-0.1, -0.05) is 22.0 Å². The lowest BCUT2D eigenvalue weighted by Gasteiger charge is -2.05. The van der Waals surface area contributed by atoms with Crippen molar-refractivity contribution >= 4 is 21.9 Å². The van der Waals surface area contributed by atoms with E-state index in [1.54, 1.807) is 42.5 Å². The highest BCUT2D eigenvalue weighted by molar-refractivity contribution is 9.10. The van der Waals surface area contributed by atoms with E-state index in [-0.39, 0.29) is 0 Å². The van der Waals surface area contributed by atoms with Crippen molar-refractivity contribution in [1.82, 2.24) is 10.2 Å². The van der Waals surface area contributed by atoms with Crippen molar-refractivity contribution in [2.24, 2.45) is 0 Å². The van der Waals surface area contributed by atoms with E-state index in [0.29, 0.717) is 17.2 Å². The highest BCUT2D eigenvalue weighted by Gasteiger charge is 2.09. The first-order valence-corrected chi connectivity index (χ1v) is 6.86. The average Bonchev–Trinajstić information content (AvgIpc) is 3.02. The Morgan fingerprint density at radius 1 is 1.14 bits per heavy atom. The van der Waals surface area contributed by atoms with Crippen LogP contribution in [0, 0.1) is 0 Å². The monoisotopic (exact) mass is 344 g/mol. The van der Waals surface area contributed by atoms with Gasteiger partial charge in [-0.05, 0) is 42.5 Å². The molecule has 3 aromatic rings. The molecule has 6 heteroatoms. The van der Waals surface area contributed by atoms with Crippen molar-refractivity contribution in [2.45, 2.75) is 0 Å². The van der Waals surface area contributed by atoms with Crippen LogP contribution in [0.2, 0.25) is 0 Å². The molecule has 1 aromatic heterocycles. The molecule has 0 aliphatic carbocycles. The van der Waals surface area contributed by atoms with Crippen molar-refractivity contribution in [3.05, 3.63) is 65.0 Å². The van der Waals surface area contributed by atoms with E-state index in [1.165, 1.54) is 6.39 Å². The maximum Gasteiger partial charge on any atom is 0.343 e. The van der Waals surface area contributed by atoms with Gasteiger partial charge in [0.1, 0.15) is 5.75 Å². The summed E-state index contributed by atoms with van der Waals surface area (Å²) >= 11 is 3.32. The van der Waals surface area contributed by atoms with Crippen LogP contribution < -0.4 is 4.74 Å². The largest absolute Gasteiger partial charge is 0.423 e. The molecule has 0 aliphatic heterocycles. The Kier molecular flexibility index (Phi) is 3.79. The number of benzene rings is 2. The van der Waals surface area contributed by atoms with Gasteiger partial charge in [0.2, 0.25) is 12.3 Å². The van der Waals surface area contributed by atoms with E-state index in [9.17, 15) is 4.79 Å². The third-order valence-electron chi connectivity index (χ3n) is 2.73. The summed E-state index contributed by atoms with van der Waals surface area (Å²) in [4.78, 5) is 12.0. The molecule has 0 fully saturated rings. The minimum atomic E-state index is -0.415. The van der Waals surface area contributed by atoms with Crippen LogP contribution in [0.1, 0.15) is 10.4 Å². The smallest absolute Gasteiger partial charge is 0.343 e. The lowest BCUT2D eigenvalue weighted by molar-refractivity contribution is 0.0734. The van der Waals surface area contributed by atoms with Crippen LogP contribution >= 0.6 is 15.9 Å². The molecule has 104 valence electrons. The molecular weight excluding hydrogens is 336 g/mol. The third kappa shape index (κ3) is 3.17. The Hall–Kier alpha value is -2.47. The van der Waals surface area contributed by atoms with Gasteiger partial charge in [0.25, 0.3) is 0 Å². The van der Waals surface area contributed by atoms with Crippen LogP contribution in [0.5, 0.6) is 5.75 Å². The molecule has 5 nitrogen and oxygen atoms in total. The molecule has 0 radical (unpaired) electrons. The van der Waals surface area contributed by atoms with E-state index in [4.69, 9.17) is 9.15 Å². The zero-order valence-corrected chi connectivity index (χ0v) is 12.3. The summed E-state index contributed by atoms with van der Waals surface area (Å²) in [6.07, 6.45) is 1.26. The Bertz CT molecular complexity index is 755. The predicted molar refractivity (Wildman–Crippen MR) is 78.8 cm³/mol. The van der Waals surface area contributed by atoms with Gasteiger partial charge in [-0.3, -0.25) is 0 Å². The maximum atomic E-state index is 12.0. The van der Waals surface area contributed by atoms with E-state index in [0.717, 1.165) is 10.0 Å². The first-order valence-electron chi connectivity index (χ1n) is 6.07. The van der Waals surface area contributed by atoms with Gasteiger partial charge in [-0.15, -0.1) is 10.2 Å². The summed E-state index contributed by atoms with van der Waals surface area (Å²) in [5.74, 6) is 0.449. The molecule has 3 rings (SSSR count). The molecule has 1 heterocycles. The Morgan fingerprint density at radius 3 is 2.62 bits per heavy atom. The Balaban J connectivity index is 1.75. The summed E-state index contributed by atoms with van der Waals surface area (Å²) in [5.41, 5.74) is 1.24. The standard InChI is InChI=1S/C15H9BrN2O3/c16-12-3-1-2-11(8-12)15(19)21-13-6-4-10(5-7-13)14-18-17-9-20-14/h1-9H. The SMILES string of the molecule is O=C(Oc1ccc(-c2nnco2)cc1)c1cccc(Br)c1. The molecule has 0 N–H and O–H groups in total. The lowest BCUT2D eigenvalue weighted by atomic mass is 10.2. The maximum absolute atomic E-state index is 12.0. The summed E-state index contributed by atoms with van der Waals surface area (Å²) < 4.78 is 11.2. The Morgan fingerprint density at radius 2 is 1.95 bits per heavy atom. The Labute approximate surface area is 128 Å². The number of ether oxygens (including phenoxy) is 1. The molecule has 0 atom stereocenters. The second-order valence-electron chi connectivity index (χ2n) is 4.17. The number of rotatable bonds is 3. The van der Waals surface area contributed by atoms with Crippen molar-refractivity contribution in [3.63, 3.8) is 0 Å². The quantitative estimate of drug-likeness (QED) is 0.535. The molecule has 0 amide bonds. The first-order chi connectivity index (χ1) is 10.2. The third-order valence-corrected chi connectivity index (χ3v) is 3.23. The van der Waals surface area contributed by atoms with Gasteiger partial charge in [0.05, 0.1) is 5.56 Å². The fourth-order valence-electron chi connectivity index (χ4n) is 1.75. The van der Waals surface area contributed by atoms with E-state index in [2.05, 4.69) is 26.1 Å². The summed E-state index contributed by atoms with van der Waals surface area (Å²) in [6.45, 7) is 0. The summed E-state index contributed by atoms with van der Waals surface area (Å²) in [5, 5.41) is 7.42. The fourth-order valence-corrected chi connectivity index (χ4v) is 2.15. The number of halogens is 1. The lowest BCUT2D eigenvalue weighted by Crippen LogP contribution is -2.08. The summed E-state index contributed by atoms with van der Waals surface area (Å²) in [6, 6.07) is 13.9. The van der Waals surface area contributed by atoms with Crippen LogP contribution in [0.25, 0.3) is 11.5 Å². The van der Waals surface area contributed by atoms with E-state index >= 15 is 0 Å². The average molecular weight is 345 g/mol. The number of hydrogen-bond donors (Lipinski definition) is 0. The van der Waals surface area contributed by atoms with Crippen LogP contribution in [0.3, 0.4) is 0 Å². The second kappa shape index (κ2) is 5.88. The molecule has 0 bridgehead atoms. The van der Waals surface area contributed by atoms with Gasteiger partial charge in [0.15, 0.2) is 0 Å². The number of nitrogens with zero attached hydrogens (tertiary/aromatic N) is 2. The van der Waals surface area contributed by atoms with E-state index in [1.807, 2.05) is 6.07 Å². The van der Waals surface area contributed by atoms with Crippen LogP contribution in [-0.2, 0) is 0 Å². The zero-order chi connectivity index (χ0) is 14.7. The minimum absolute atomic E-state index is 0.415. The molecule has 0 saturated heterocycles. The van der Waals surface area contributed by atoms with Crippen molar-refractivity contribution in [3.8, 4) is 17.2 Å². The second-order valence-corrected chi connectivity index (χ2v) is 5.08. The van der Waals surface area contributed by atoms with Crippen molar-refractivity contribution in [1.29, 1.82) is 0 Å². The molecule has 0 unspecified atom stereocenters. The normalized spacial score (nSPS) is 10.3. The number of aromatic nitrogens is 2. The fraction of sp³-hybridized carbons (Fsp3) is 0. The first kappa shape index (κ1) is 13.5. The predicted octanol–water partition coefficient (Wildman–Crippen LogP) is 3.72. The van der Waals surface area contributed by atoms with Crippen LogP contribution in [0.4, 0.5) is 0 Å². The number of esters is 1. The molecule has 21 heavy (non-hydrogen) atoms. The molecular formula is C15H9BrN2O3. The molecule has 0 aliphatic rings. The topological polar surface area (TPSA) is 65.2 Å².